The molecule has 8 nitrogen and oxygen atoms in total. The van der Waals surface area contributed by atoms with Gasteiger partial charge in [0.1, 0.15) is 12.1 Å². The number of aliphatic carboxylic acids is 1. The van der Waals surface area contributed by atoms with E-state index in [-0.39, 0.29) is 11.0 Å². The van der Waals surface area contributed by atoms with Crippen molar-refractivity contribution in [2.45, 2.75) is 38.8 Å². The van der Waals surface area contributed by atoms with E-state index in [0.29, 0.717) is 25.1 Å². The number of aliphatic hydroxyl groups is 1. The minimum atomic E-state index is -1.38. The van der Waals surface area contributed by atoms with Gasteiger partial charge in [0.05, 0.1) is 6.61 Å². The van der Waals surface area contributed by atoms with Gasteiger partial charge in [-0.25, -0.2) is 4.79 Å². The summed E-state index contributed by atoms with van der Waals surface area (Å²) in [5.41, 5.74) is 0. The number of nitrogens with zero attached hydrogens (tertiary/aromatic N) is 1. The Labute approximate surface area is 138 Å². The lowest BCUT2D eigenvalue weighted by atomic mass is 10.1. The van der Waals surface area contributed by atoms with Crippen molar-refractivity contribution in [2.24, 2.45) is 5.92 Å². The fourth-order valence-electron chi connectivity index (χ4n) is 2.35. The number of carboxylic acids is 1. The van der Waals surface area contributed by atoms with Crippen LogP contribution in [-0.2, 0) is 19.2 Å². The third-order valence-electron chi connectivity index (χ3n) is 3.59. The molecule has 0 aliphatic carbocycles. The molecule has 1 fully saturated rings. The summed E-state index contributed by atoms with van der Waals surface area (Å²) in [7, 11) is 0. The van der Waals surface area contributed by atoms with Gasteiger partial charge in [-0.05, 0) is 12.8 Å². The van der Waals surface area contributed by atoms with Crippen molar-refractivity contribution in [3.05, 3.63) is 0 Å². The van der Waals surface area contributed by atoms with Crippen molar-refractivity contribution in [3.8, 4) is 0 Å². The fourth-order valence-corrected chi connectivity index (χ4v) is 2.98. The zero-order chi connectivity index (χ0) is 17.6. The van der Waals surface area contributed by atoms with Crippen LogP contribution in [0.15, 0.2) is 0 Å². The van der Waals surface area contributed by atoms with Crippen molar-refractivity contribution < 1.29 is 29.4 Å². The number of thioether (sulfide) groups is 1. The number of aliphatic hydroxyl groups excluding tert-OH is 1. The molecule has 2 amide bonds. The number of rotatable bonds is 7. The third kappa shape index (κ3) is 5.51. The second-order valence-electron chi connectivity index (χ2n) is 5.48. The topological polar surface area (TPSA) is 124 Å². The van der Waals surface area contributed by atoms with Crippen LogP contribution in [0, 0.1) is 5.92 Å². The number of amides is 2. The maximum absolute atomic E-state index is 12.4. The Kier molecular flexibility index (Phi) is 7.50. The molecule has 1 heterocycles. The molecule has 0 spiro atoms. The molecule has 1 rings (SSSR count). The molecule has 1 aliphatic rings. The standard InChI is InChI=1S/C14H22N2O6S/c1-8(7-23-9(2)18)13(20)16-5-3-4-11(16)12(19)15-10(6-17)14(21)22/h8,10-11,17H,3-7H2,1-2H3,(H,15,19)(H,21,22)/t8?,10-,11-/m0/s1. The van der Waals surface area contributed by atoms with E-state index in [1.54, 1.807) is 6.92 Å². The van der Waals surface area contributed by atoms with Gasteiger partial charge in [-0.3, -0.25) is 14.4 Å². The minimum absolute atomic E-state index is 0.0763. The van der Waals surface area contributed by atoms with Crippen molar-refractivity contribution in [3.63, 3.8) is 0 Å². The first-order valence-electron chi connectivity index (χ1n) is 7.35. The molecule has 0 bridgehead atoms. The molecular formula is C14H22N2O6S. The van der Waals surface area contributed by atoms with Gasteiger partial charge in [0.2, 0.25) is 11.8 Å². The van der Waals surface area contributed by atoms with Gasteiger partial charge in [-0.1, -0.05) is 18.7 Å². The first kappa shape index (κ1) is 19.4. The van der Waals surface area contributed by atoms with Crippen LogP contribution < -0.4 is 5.32 Å². The zero-order valence-electron chi connectivity index (χ0n) is 13.2. The van der Waals surface area contributed by atoms with E-state index in [1.165, 1.54) is 11.8 Å². The van der Waals surface area contributed by atoms with E-state index in [0.717, 1.165) is 11.8 Å². The number of carboxylic acid groups (broad SMARTS) is 1. The van der Waals surface area contributed by atoms with Gasteiger partial charge in [0.15, 0.2) is 5.12 Å². The Hall–Kier alpha value is -1.61. The molecule has 0 aromatic rings. The van der Waals surface area contributed by atoms with Crippen molar-refractivity contribution in [1.82, 2.24) is 10.2 Å². The first-order valence-corrected chi connectivity index (χ1v) is 8.34. The number of carbonyl (C=O) groups is 4. The zero-order valence-corrected chi connectivity index (χ0v) is 14.0. The molecule has 3 N–H and O–H groups in total. The predicted molar refractivity (Wildman–Crippen MR) is 83.7 cm³/mol. The van der Waals surface area contributed by atoms with Crippen molar-refractivity contribution >= 4 is 34.7 Å². The molecule has 1 aliphatic heterocycles. The van der Waals surface area contributed by atoms with E-state index in [2.05, 4.69) is 5.32 Å². The summed E-state index contributed by atoms with van der Waals surface area (Å²) in [5, 5.41) is 20.0. The SMILES string of the molecule is CC(=O)SCC(C)C(=O)N1CCC[C@H]1C(=O)N[C@@H](CO)C(=O)O. The lowest BCUT2D eigenvalue weighted by molar-refractivity contribution is -0.145. The number of nitrogens with one attached hydrogen (secondary N) is 1. The normalized spacial score (nSPS) is 20.0. The molecule has 23 heavy (non-hydrogen) atoms. The maximum atomic E-state index is 12.4. The second-order valence-corrected chi connectivity index (χ2v) is 6.67. The molecule has 1 saturated heterocycles. The van der Waals surface area contributed by atoms with E-state index < -0.39 is 36.5 Å². The molecular weight excluding hydrogens is 324 g/mol. The number of carbonyl (C=O) groups excluding carboxylic acids is 3. The van der Waals surface area contributed by atoms with Crippen LogP contribution in [0.2, 0.25) is 0 Å². The summed E-state index contributed by atoms with van der Waals surface area (Å²) in [4.78, 5) is 47.9. The smallest absolute Gasteiger partial charge is 0.328 e. The summed E-state index contributed by atoms with van der Waals surface area (Å²) in [6.07, 6.45) is 1.09. The molecule has 1 unspecified atom stereocenters. The van der Waals surface area contributed by atoms with Gasteiger partial charge in [-0.2, -0.15) is 0 Å². The molecule has 0 saturated carbocycles. The van der Waals surface area contributed by atoms with Crippen LogP contribution in [-0.4, -0.2) is 69.0 Å². The lowest BCUT2D eigenvalue weighted by Gasteiger charge is -2.27. The molecule has 0 radical (unpaired) electrons. The monoisotopic (exact) mass is 346 g/mol. The van der Waals surface area contributed by atoms with Crippen LogP contribution in [0.5, 0.6) is 0 Å². The first-order chi connectivity index (χ1) is 10.8. The highest BCUT2D eigenvalue weighted by atomic mass is 32.2. The largest absolute Gasteiger partial charge is 0.480 e. The summed E-state index contributed by atoms with van der Waals surface area (Å²) in [5.74, 6) is -2.21. The van der Waals surface area contributed by atoms with E-state index in [4.69, 9.17) is 10.2 Å². The van der Waals surface area contributed by atoms with Gasteiger partial charge in [0, 0.05) is 25.1 Å². The molecule has 3 atom stereocenters. The Morgan fingerprint density at radius 2 is 2.00 bits per heavy atom. The van der Waals surface area contributed by atoms with E-state index >= 15 is 0 Å². The Bertz CT molecular complexity index is 484. The summed E-state index contributed by atoms with van der Waals surface area (Å²) in [6.45, 7) is 2.82. The lowest BCUT2D eigenvalue weighted by Crippen LogP contribution is -2.52. The predicted octanol–water partition coefficient (Wildman–Crippen LogP) is -0.545. The average Bonchev–Trinajstić information content (AvgIpc) is 2.98. The summed E-state index contributed by atoms with van der Waals surface area (Å²) >= 11 is 1.06. The number of hydrogen-bond acceptors (Lipinski definition) is 6. The average molecular weight is 346 g/mol. The Morgan fingerprint density at radius 3 is 2.52 bits per heavy atom. The second kappa shape index (κ2) is 8.88. The van der Waals surface area contributed by atoms with Crippen molar-refractivity contribution in [2.75, 3.05) is 18.9 Å². The van der Waals surface area contributed by atoms with Crippen LogP contribution in [0.4, 0.5) is 0 Å². The van der Waals surface area contributed by atoms with E-state index in [9.17, 15) is 19.2 Å². The van der Waals surface area contributed by atoms with Gasteiger partial charge in [0.25, 0.3) is 0 Å². The number of hydrogen-bond donors (Lipinski definition) is 3. The van der Waals surface area contributed by atoms with Gasteiger partial charge in [-0.15, -0.1) is 0 Å². The van der Waals surface area contributed by atoms with Crippen LogP contribution in [0.1, 0.15) is 26.7 Å². The van der Waals surface area contributed by atoms with Crippen LogP contribution in [0.3, 0.4) is 0 Å². The molecule has 130 valence electrons. The molecule has 0 aromatic heterocycles. The quantitative estimate of drug-likeness (QED) is 0.565. The van der Waals surface area contributed by atoms with Crippen LogP contribution >= 0.6 is 11.8 Å². The molecule has 9 heteroatoms. The summed E-state index contributed by atoms with van der Waals surface area (Å²) in [6, 6.07) is -2.12. The van der Waals surface area contributed by atoms with Gasteiger partial charge >= 0.3 is 5.97 Å². The van der Waals surface area contributed by atoms with Gasteiger partial charge < -0.3 is 20.4 Å². The highest BCUT2D eigenvalue weighted by molar-refractivity contribution is 8.13. The Balaban J connectivity index is 2.68. The van der Waals surface area contributed by atoms with Crippen molar-refractivity contribution in [1.29, 1.82) is 0 Å². The highest BCUT2D eigenvalue weighted by Crippen LogP contribution is 2.22. The maximum Gasteiger partial charge on any atom is 0.328 e. The van der Waals surface area contributed by atoms with E-state index in [1.807, 2.05) is 0 Å². The summed E-state index contributed by atoms with van der Waals surface area (Å²) < 4.78 is 0. The fraction of sp³-hybridized carbons (Fsp3) is 0.714. The minimum Gasteiger partial charge on any atom is -0.480 e. The van der Waals surface area contributed by atoms with Crippen LogP contribution in [0.25, 0.3) is 0 Å². The molecule has 0 aromatic carbocycles. The Morgan fingerprint density at radius 1 is 1.35 bits per heavy atom. The highest BCUT2D eigenvalue weighted by Gasteiger charge is 2.37. The third-order valence-corrected chi connectivity index (χ3v) is 4.67. The number of likely N-dealkylation sites (tertiary alicyclic amines) is 1.